The summed E-state index contributed by atoms with van der Waals surface area (Å²) in [6.45, 7) is 1.90. The predicted molar refractivity (Wildman–Crippen MR) is 87.5 cm³/mol. The van der Waals surface area contributed by atoms with Gasteiger partial charge in [-0.1, -0.05) is 45.7 Å². The second kappa shape index (κ2) is 6.69. The third-order valence-electron chi connectivity index (χ3n) is 3.31. The molecule has 0 heterocycles. The zero-order chi connectivity index (χ0) is 15.6. The van der Waals surface area contributed by atoms with Gasteiger partial charge in [-0.15, -0.1) is 0 Å². The Morgan fingerprint density at radius 3 is 2.33 bits per heavy atom. The van der Waals surface area contributed by atoms with Gasteiger partial charge in [0.25, 0.3) is 0 Å². The average Bonchev–Trinajstić information content (AvgIpc) is 2.49. The Hall–Kier alpha value is -1.23. The minimum absolute atomic E-state index is 0.554. The lowest BCUT2D eigenvalue weighted by Gasteiger charge is -2.18. The van der Waals surface area contributed by atoms with Crippen molar-refractivity contribution in [3.8, 4) is 11.5 Å². The Bertz CT molecular complexity index is 658. The highest BCUT2D eigenvalue weighted by Gasteiger charge is 2.20. The van der Waals surface area contributed by atoms with Crippen molar-refractivity contribution in [3.05, 3.63) is 56.5 Å². The van der Waals surface area contributed by atoms with E-state index in [2.05, 4.69) is 15.9 Å². The number of aryl methyl sites for hydroxylation is 1. The smallest absolute Gasteiger partial charge is 0.161 e. The highest BCUT2D eigenvalue weighted by molar-refractivity contribution is 9.10. The summed E-state index contributed by atoms with van der Waals surface area (Å²) in [6, 6.07) is 9.09. The van der Waals surface area contributed by atoms with Crippen LogP contribution in [0.3, 0.4) is 0 Å². The lowest BCUT2D eigenvalue weighted by Crippen LogP contribution is -2.04. The van der Waals surface area contributed by atoms with Crippen LogP contribution in [0.5, 0.6) is 11.5 Å². The van der Waals surface area contributed by atoms with E-state index in [9.17, 15) is 5.11 Å². The summed E-state index contributed by atoms with van der Waals surface area (Å²) in [5.74, 6) is 1.15. The standard InChI is InChI=1S/C16H16BrClO3/c1-9-5-4-6-10(15(9)18)16(19)11-7-13(20-2)14(21-3)8-12(11)17/h4-8,16,19H,1-3H3. The maximum atomic E-state index is 10.7. The van der Waals surface area contributed by atoms with Gasteiger partial charge in [-0.25, -0.2) is 0 Å². The van der Waals surface area contributed by atoms with Gasteiger partial charge in [0.1, 0.15) is 6.10 Å². The summed E-state index contributed by atoms with van der Waals surface area (Å²) in [5.41, 5.74) is 2.24. The highest BCUT2D eigenvalue weighted by atomic mass is 79.9. The second-order valence-corrected chi connectivity index (χ2v) is 5.84. The normalized spacial score (nSPS) is 12.1. The van der Waals surface area contributed by atoms with Crippen LogP contribution in [-0.4, -0.2) is 19.3 Å². The molecule has 0 bridgehead atoms. The molecule has 2 aromatic carbocycles. The third kappa shape index (κ3) is 3.18. The summed E-state index contributed by atoms with van der Waals surface area (Å²) in [4.78, 5) is 0. The van der Waals surface area contributed by atoms with Crippen molar-refractivity contribution < 1.29 is 14.6 Å². The predicted octanol–water partition coefficient (Wildman–Crippen LogP) is 4.51. The van der Waals surface area contributed by atoms with Crippen LogP contribution in [-0.2, 0) is 0 Å². The Morgan fingerprint density at radius 1 is 1.10 bits per heavy atom. The lowest BCUT2D eigenvalue weighted by atomic mass is 9.99. The molecule has 0 aliphatic heterocycles. The van der Waals surface area contributed by atoms with Crippen LogP contribution in [0.15, 0.2) is 34.8 Å². The molecule has 112 valence electrons. The molecule has 0 aromatic heterocycles. The van der Waals surface area contributed by atoms with Crippen LogP contribution < -0.4 is 9.47 Å². The number of halogens is 2. The molecule has 0 saturated heterocycles. The largest absolute Gasteiger partial charge is 0.493 e. The van der Waals surface area contributed by atoms with Crippen LogP contribution in [0.2, 0.25) is 5.02 Å². The number of ether oxygens (including phenoxy) is 2. The maximum absolute atomic E-state index is 10.7. The molecule has 2 rings (SSSR count). The summed E-state index contributed by atoms with van der Waals surface area (Å²) < 4.78 is 11.2. The molecular weight excluding hydrogens is 356 g/mol. The van der Waals surface area contributed by atoms with Crippen LogP contribution in [0, 0.1) is 6.92 Å². The van der Waals surface area contributed by atoms with Gasteiger partial charge in [-0.05, 0) is 24.6 Å². The van der Waals surface area contributed by atoms with Crippen molar-refractivity contribution in [2.45, 2.75) is 13.0 Å². The van der Waals surface area contributed by atoms with Gasteiger partial charge in [0.05, 0.1) is 14.2 Å². The molecule has 0 aliphatic carbocycles. The van der Waals surface area contributed by atoms with E-state index in [-0.39, 0.29) is 0 Å². The van der Waals surface area contributed by atoms with Gasteiger partial charge >= 0.3 is 0 Å². The molecule has 0 amide bonds. The number of hydrogen-bond acceptors (Lipinski definition) is 3. The van der Waals surface area contributed by atoms with E-state index < -0.39 is 6.10 Å². The lowest BCUT2D eigenvalue weighted by molar-refractivity contribution is 0.218. The zero-order valence-corrected chi connectivity index (χ0v) is 14.3. The maximum Gasteiger partial charge on any atom is 0.161 e. The Balaban J connectivity index is 2.53. The molecule has 0 saturated carbocycles. The number of benzene rings is 2. The molecule has 3 nitrogen and oxygen atoms in total. The molecule has 0 fully saturated rings. The van der Waals surface area contributed by atoms with E-state index in [1.165, 1.54) is 0 Å². The van der Waals surface area contributed by atoms with E-state index in [0.717, 1.165) is 10.0 Å². The zero-order valence-electron chi connectivity index (χ0n) is 12.0. The van der Waals surface area contributed by atoms with Crippen molar-refractivity contribution in [2.75, 3.05) is 14.2 Å². The molecule has 1 N–H and O–H groups in total. The van der Waals surface area contributed by atoms with Gasteiger partial charge in [0.2, 0.25) is 0 Å². The van der Waals surface area contributed by atoms with Crippen molar-refractivity contribution in [2.24, 2.45) is 0 Å². The fourth-order valence-corrected chi connectivity index (χ4v) is 2.90. The summed E-state index contributed by atoms with van der Waals surface area (Å²) in [5, 5.41) is 11.2. The Labute approximate surface area is 137 Å². The van der Waals surface area contributed by atoms with E-state index in [4.69, 9.17) is 21.1 Å². The second-order valence-electron chi connectivity index (χ2n) is 4.61. The van der Waals surface area contributed by atoms with E-state index in [1.54, 1.807) is 26.4 Å². The van der Waals surface area contributed by atoms with Crippen LogP contribution in [0.25, 0.3) is 0 Å². The number of methoxy groups -OCH3 is 2. The molecule has 0 radical (unpaired) electrons. The first-order valence-electron chi connectivity index (χ1n) is 6.34. The summed E-state index contributed by atoms with van der Waals surface area (Å²) in [6.07, 6.45) is -0.855. The monoisotopic (exact) mass is 370 g/mol. The van der Waals surface area contributed by atoms with Crippen molar-refractivity contribution >= 4 is 27.5 Å². The number of aliphatic hydroxyl groups excluding tert-OH is 1. The van der Waals surface area contributed by atoms with E-state index >= 15 is 0 Å². The highest BCUT2D eigenvalue weighted by Crippen LogP contribution is 2.39. The fourth-order valence-electron chi connectivity index (χ4n) is 2.13. The van der Waals surface area contributed by atoms with Crippen LogP contribution in [0.1, 0.15) is 22.8 Å². The fraction of sp³-hybridized carbons (Fsp3) is 0.250. The number of hydrogen-bond donors (Lipinski definition) is 1. The minimum atomic E-state index is -0.855. The van der Waals surface area contributed by atoms with E-state index in [0.29, 0.717) is 27.6 Å². The van der Waals surface area contributed by atoms with Gasteiger partial charge < -0.3 is 14.6 Å². The Kier molecular flexibility index (Phi) is 5.14. The van der Waals surface area contributed by atoms with Crippen LogP contribution in [0.4, 0.5) is 0 Å². The van der Waals surface area contributed by atoms with Gasteiger partial charge in [-0.3, -0.25) is 0 Å². The van der Waals surface area contributed by atoms with Crippen molar-refractivity contribution in [1.82, 2.24) is 0 Å². The molecule has 0 aliphatic rings. The average molecular weight is 372 g/mol. The van der Waals surface area contributed by atoms with E-state index in [1.807, 2.05) is 25.1 Å². The molecule has 2 aromatic rings. The van der Waals surface area contributed by atoms with Gasteiger partial charge in [0, 0.05) is 20.6 Å². The van der Waals surface area contributed by atoms with Gasteiger partial charge in [0.15, 0.2) is 11.5 Å². The summed E-state index contributed by atoms with van der Waals surface area (Å²) >= 11 is 9.74. The van der Waals surface area contributed by atoms with Gasteiger partial charge in [-0.2, -0.15) is 0 Å². The van der Waals surface area contributed by atoms with Crippen LogP contribution >= 0.6 is 27.5 Å². The quantitative estimate of drug-likeness (QED) is 0.859. The number of aliphatic hydroxyl groups is 1. The first kappa shape index (κ1) is 16.1. The topological polar surface area (TPSA) is 38.7 Å². The SMILES string of the molecule is COc1cc(Br)c(C(O)c2cccc(C)c2Cl)cc1OC. The molecule has 5 heteroatoms. The first-order chi connectivity index (χ1) is 9.99. The number of rotatable bonds is 4. The molecular formula is C16H16BrClO3. The van der Waals surface area contributed by atoms with Crippen molar-refractivity contribution in [3.63, 3.8) is 0 Å². The first-order valence-corrected chi connectivity index (χ1v) is 7.51. The molecule has 21 heavy (non-hydrogen) atoms. The summed E-state index contributed by atoms with van der Waals surface area (Å²) in [7, 11) is 3.12. The Morgan fingerprint density at radius 2 is 1.71 bits per heavy atom. The molecule has 1 unspecified atom stereocenters. The minimum Gasteiger partial charge on any atom is -0.493 e. The molecule has 1 atom stereocenters. The third-order valence-corrected chi connectivity index (χ3v) is 4.52. The molecule has 0 spiro atoms. The van der Waals surface area contributed by atoms with Crippen molar-refractivity contribution in [1.29, 1.82) is 0 Å².